The second-order valence-corrected chi connectivity index (χ2v) is 5.71. The van der Waals surface area contributed by atoms with Crippen molar-refractivity contribution >= 4 is 0 Å². The van der Waals surface area contributed by atoms with Gasteiger partial charge in [0.25, 0.3) is 0 Å². The molecule has 0 spiro atoms. The van der Waals surface area contributed by atoms with Crippen LogP contribution in [0.3, 0.4) is 0 Å². The minimum absolute atomic E-state index is 0.267. The lowest BCUT2D eigenvalue weighted by molar-refractivity contribution is 0.222. The first-order valence-corrected chi connectivity index (χ1v) is 7.15. The Kier molecular flexibility index (Phi) is 4.86. The Hall–Kier alpha value is -1.17. The van der Waals surface area contributed by atoms with Gasteiger partial charge in [-0.3, -0.25) is 0 Å². The molecule has 0 aromatic heterocycles. The average Bonchev–Trinajstić information content (AvgIpc) is 2.51. The lowest BCUT2D eigenvalue weighted by atomic mass is 9.75. The molecule has 3 atom stereocenters. The highest BCUT2D eigenvalue weighted by Crippen LogP contribution is 2.39. The number of hydrogen-bond acceptors (Lipinski definition) is 1. The number of rotatable bonds is 3. The van der Waals surface area contributed by atoms with Crippen molar-refractivity contribution < 1.29 is 22.0 Å². The first-order chi connectivity index (χ1) is 9.88. The molecule has 1 aliphatic rings. The van der Waals surface area contributed by atoms with Gasteiger partial charge in [-0.15, -0.1) is 0 Å². The third kappa shape index (κ3) is 2.91. The summed E-state index contributed by atoms with van der Waals surface area (Å²) in [7, 11) is 0. The van der Waals surface area contributed by atoms with Crippen molar-refractivity contribution in [2.24, 2.45) is 17.6 Å². The van der Waals surface area contributed by atoms with Gasteiger partial charge in [-0.1, -0.05) is 26.2 Å². The number of nitrogens with two attached hydrogens (primary N) is 1. The van der Waals surface area contributed by atoms with Gasteiger partial charge < -0.3 is 5.73 Å². The fraction of sp³-hybridized carbons (Fsp3) is 0.600. The third-order valence-electron chi connectivity index (χ3n) is 4.49. The van der Waals surface area contributed by atoms with Crippen molar-refractivity contribution in [1.29, 1.82) is 0 Å². The van der Waals surface area contributed by atoms with Crippen molar-refractivity contribution in [3.63, 3.8) is 0 Å². The zero-order valence-electron chi connectivity index (χ0n) is 11.7. The van der Waals surface area contributed by atoms with Gasteiger partial charge in [0.05, 0.1) is 0 Å². The maximum Gasteiger partial charge on any atom is 0.200 e. The quantitative estimate of drug-likeness (QED) is 0.493. The SMILES string of the molecule is CCC1CCCC(C(N)c2c(F)c(F)c(F)c(F)c2F)C1. The maximum absolute atomic E-state index is 13.8. The van der Waals surface area contributed by atoms with Crippen LogP contribution in [0.15, 0.2) is 0 Å². The molecule has 0 heterocycles. The Balaban J connectivity index is 2.37. The maximum atomic E-state index is 13.8. The number of halogens is 5. The van der Waals surface area contributed by atoms with E-state index in [0.717, 1.165) is 19.3 Å². The largest absolute Gasteiger partial charge is 0.324 e. The molecule has 3 unspecified atom stereocenters. The Morgan fingerprint density at radius 3 is 2.00 bits per heavy atom. The van der Waals surface area contributed by atoms with Crippen molar-refractivity contribution in [1.82, 2.24) is 0 Å². The van der Waals surface area contributed by atoms with Crippen LogP contribution in [-0.2, 0) is 0 Å². The van der Waals surface area contributed by atoms with Crippen molar-refractivity contribution in [3.05, 3.63) is 34.6 Å². The second-order valence-electron chi connectivity index (χ2n) is 5.71. The van der Waals surface area contributed by atoms with Crippen LogP contribution in [0.2, 0.25) is 0 Å². The molecule has 0 saturated heterocycles. The van der Waals surface area contributed by atoms with Crippen LogP contribution < -0.4 is 5.73 Å². The van der Waals surface area contributed by atoms with Gasteiger partial charge in [0.2, 0.25) is 5.82 Å². The molecule has 1 aromatic carbocycles. The standard InChI is InChI=1S/C15H18F5N/c1-2-7-4-3-5-8(6-7)15(21)9-10(16)12(18)14(20)13(19)11(9)17/h7-8,15H,2-6,21H2,1H3. The lowest BCUT2D eigenvalue weighted by Gasteiger charge is -2.33. The van der Waals surface area contributed by atoms with Gasteiger partial charge in [0.1, 0.15) is 0 Å². The summed E-state index contributed by atoms with van der Waals surface area (Å²) in [5, 5.41) is 0. The normalized spacial score (nSPS) is 24.1. The molecule has 6 heteroatoms. The summed E-state index contributed by atoms with van der Waals surface area (Å²) in [5.74, 6) is -9.50. The molecule has 1 aliphatic carbocycles. The lowest BCUT2D eigenvalue weighted by Crippen LogP contribution is -2.29. The van der Waals surface area contributed by atoms with E-state index < -0.39 is 40.7 Å². The molecule has 0 bridgehead atoms. The molecule has 1 aromatic rings. The van der Waals surface area contributed by atoms with E-state index >= 15 is 0 Å². The summed E-state index contributed by atoms with van der Waals surface area (Å²) < 4.78 is 67.1. The topological polar surface area (TPSA) is 26.0 Å². The van der Waals surface area contributed by atoms with E-state index in [1.807, 2.05) is 6.92 Å². The van der Waals surface area contributed by atoms with E-state index in [4.69, 9.17) is 5.73 Å². The van der Waals surface area contributed by atoms with Gasteiger partial charge in [-0.25, -0.2) is 22.0 Å². The number of hydrogen-bond donors (Lipinski definition) is 1. The van der Waals surface area contributed by atoms with E-state index in [0.29, 0.717) is 18.8 Å². The van der Waals surface area contributed by atoms with Crippen molar-refractivity contribution in [3.8, 4) is 0 Å². The van der Waals surface area contributed by atoms with Crippen LogP contribution in [0.5, 0.6) is 0 Å². The van der Waals surface area contributed by atoms with E-state index in [9.17, 15) is 22.0 Å². The van der Waals surface area contributed by atoms with Gasteiger partial charge in [0.15, 0.2) is 23.3 Å². The molecule has 1 saturated carbocycles. The minimum atomic E-state index is -2.14. The van der Waals surface area contributed by atoms with Crippen LogP contribution in [0.25, 0.3) is 0 Å². The molecule has 1 fully saturated rings. The first-order valence-electron chi connectivity index (χ1n) is 7.15. The Morgan fingerprint density at radius 1 is 0.952 bits per heavy atom. The second kappa shape index (κ2) is 6.30. The molecule has 118 valence electrons. The Bertz CT molecular complexity index is 502. The van der Waals surface area contributed by atoms with Crippen LogP contribution >= 0.6 is 0 Å². The first kappa shape index (κ1) is 16.2. The van der Waals surface area contributed by atoms with Crippen LogP contribution in [0, 0.1) is 40.9 Å². The summed E-state index contributed by atoms with van der Waals surface area (Å²) in [6, 6.07) is -1.18. The van der Waals surface area contributed by atoms with Gasteiger partial charge in [-0.2, -0.15) is 0 Å². The highest BCUT2D eigenvalue weighted by atomic mass is 19.2. The molecule has 1 nitrogen and oxygen atoms in total. The predicted octanol–water partition coefficient (Wildman–Crippen LogP) is 4.60. The van der Waals surface area contributed by atoms with Crippen LogP contribution in [-0.4, -0.2) is 0 Å². The van der Waals surface area contributed by atoms with Crippen molar-refractivity contribution in [2.45, 2.75) is 45.1 Å². The zero-order valence-corrected chi connectivity index (χ0v) is 11.7. The zero-order chi connectivity index (χ0) is 15.7. The highest BCUT2D eigenvalue weighted by Gasteiger charge is 2.34. The molecular weight excluding hydrogens is 289 g/mol. The summed E-state index contributed by atoms with van der Waals surface area (Å²) in [5.41, 5.74) is 4.96. The molecule has 0 amide bonds. The van der Waals surface area contributed by atoms with Crippen LogP contribution in [0.1, 0.15) is 50.6 Å². The van der Waals surface area contributed by atoms with Crippen LogP contribution in [0.4, 0.5) is 22.0 Å². The fourth-order valence-electron chi connectivity index (χ4n) is 3.18. The average molecular weight is 307 g/mol. The number of benzene rings is 1. The highest BCUT2D eigenvalue weighted by molar-refractivity contribution is 5.27. The minimum Gasteiger partial charge on any atom is -0.324 e. The molecule has 2 N–H and O–H groups in total. The summed E-state index contributed by atoms with van der Waals surface area (Å²) >= 11 is 0. The molecule has 2 rings (SSSR count). The van der Waals surface area contributed by atoms with E-state index in [-0.39, 0.29) is 5.92 Å². The predicted molar refractivity (Wildman–Crippen MR) is 68.9 cm³/mol. The summed E-state index contributed by atoms with van der Waals surface area (Å²) in [4.78, 5) is 0. The Morgan fingerprint density at radius 2 is 1.48 bits per heavy atom. The van der Waals surface area contributed by atoms with Gasteiger partial charge >= 0.3 is 0 Å². The van der Waals surface area contributed by atoms with E-state index in [1.54, 1.807) is 0 Å². The summed E-state index contributed by atoms with van der Waals surface area (Å²) in [6.07, 6.45) is 4.07. The molecular formula is C15H18F5N. The van der Waals surface area contributed by atoms with Crippen molar-refractivity contribution in [2.75, 3.05) is 0 Å². The van der Waals surface area contributed by atoms with Gasteiger partial charge in [-0.05, 0) is 24.7 Å². The third-order valence-corrected chi connectivity index (χ3v) is 4.49. The smallest absolute Gasteiger partial charge is 0.200 e. The molecule has 0 radical (unpaired) electrons. The van der Waals surface area contributed by atoms with Gasteiger partial charge in [0, 0.05) is 11.6 Å². The molecule has 21 heavy (non-hydrogen) atoms. The molecule has 0 aliphatic heterocycles. The monoisotopic (exact) mass is 307 g/mol. The summed E-state index contributed by atoms with van der Waals surface area (Å²) in [6.45, 7) is 2.01. The fourth-order valence-corrected chi connectivity index (χ4v) is 3.18. The van der Waals surface area contributed by atoms with E-state index in [2.05, 4.69) is 0 Å². The van der Waals surface area contributed by atoms with E-state index in [1.165, 1.54) is 0 Å². The Labute approximate surface area is 120 Å².